The molecule has 2 aliphatic heterocycles. The third-order valence-corrected chi connectivity index (χ3v) is 6.10. The molecule has 0 spiro atoms. The smallest absolute Gasteiger partial charge is 0.124 e. The third kappa shape index (κ3) is 4.92. The topological polar surface area (TPSA) is 109 Å². The molecule has 0 amide bonds. The Hall–Kier alpha value is -2.00. The van der Waals surface area contributed by atoms with Crippen LogP contribution in [0.3, 0.4) is 0 Å². The van der Waals surface area contributed by atoms with Crippen LogP contribution in [0.1, 0.15) is 34.8 Å². The highest BCUT2D eigenvalue weighted by atomic mass is 16.5. The largest absolute Gasteiger partial charge is 0.488 e. The fourth-order valence-corrected chi connectivity index (χ4v) is 4.14. The molecule has 2 aliphatic rings. The average molecular weight is 430 g/mol. The normalized spacial score (nSPS) is 31.0. The lowest BCUT2D eigenvalue weighted by atomic mass is 9.89. The summed E-state index contributed by atoms with van der Waals surface area (Å²) in [6.45, 7) is 2.95. The maximum absolute atomic E-state index is 10.4. The van der Waals surface area contributed by atoms with E-state index in [4.69, 9.17) is 14.2 Å². The van der Waals surface area contributed by atoms with Crippen molar-refractivity contribution in [1.82, 2.24) is 0 Å². The van der Waals surface area contributed by atoms with E-state index >= 15 is 0 Å². The van der Waals surface area contributed by atoms with Crippen molar-refractivity contribution in [3.05, 3.63) is 64.7 Å². The van der Waals surface area contributed by atoms with Crippen LogP contribution in [0, 0.1) is 6.92 Å². The summed E-state index contributed by atoms with van der Waals surface area (Å²) in [5.41, 5.74) is 3.96. The van der Waals surface area contributed by atoms with Crippen LogP contribution < -0.4 is 4.74 Å². The standard InChI is InChI=1S/C24H30O7/c1-14-2-5-16(24-23(28)22(27)21(26)20(12-25)31-24)11-17(14)10-15-3-6-18(7-4-15)30-19-8-9-29-13-19/h2-7,11,19-28H,8-10,12-13H2,1H3/t19-,20?,21+,22-,23+,24-/m0/s1. The van der Waals surface area contributed by atoms with Gasteiger partial charge in [0.05, 0.1) is 19.8 Å². The van der Waals surface area contributed by atoms with Gasteiger partial charge in [-0.3, -0.25) is 0 Å². The highest BCUT2D eigenvalue weighted by Crippen LogP contribution is 2.33. The van der Waals surface area contributed by atoms with Crippen molar-refractivity contribution in [3.63, 3.8) is 0 Å². The molecule has 7 nitrogen and oxygen atoms in total. The molecule has 0 aromatic heterocycles. The lowest BCUT2D eigenvalue weighted by Gasteiger charge is -2.40. The van der Waals surface area contributed by atoms with E-state index < -0.39 is 37.1 Å². The second kappa shape index (κ2) is 9.65. The summed E-state index contributed by atoms with van der Waals surface area (Å²) in [6.07, 6.45) is -4.09. The number of aliphatic hydroxyl groups excluding tert-OH is 4. The number of hydrogen-bond acceptors (Lipinski definition) is 7. The molecule has 4 rings (SSSR count). The first-order chi connectivity index (χ1) is 15.0. The van der Waals surface area contributed by atoms with Gasteiger partial charge in [-0.05, 0) is 47.7 Å². The Kier molecular flexibility index (Phi) is 6.91. The van der Waals surface area contributed by atoms with E-state index in [9.17, 15) is 20.4 Å². The Balaban J connectivity index is 1.49. The average Bonchev–Trinajstić information content (AvgIpc) is 3.28. The van der Waals surface area contributed by atoms with Crippen LogP contribution in [-0.2, 0) is 15.9 Å². The minimum Gasteiger partial charge on any atom is -0.488 e. The molecule has 1 unspecified atom stereocenters. The van der Waals surface area contributed by atoms with Crippen LogP contribution in [0.5, 0.6) is 5.75 Å². The highest BCUT2D eigenvalue weighted by molar-refractivity contribution is 5.38. The van der Waals surface area contributed by atoms with Gasteiger partial charge in [0.25, 0.3) is 0 Å². The van der Waals surface area contributed by atoms with Crippen molar-refractivity contribution < 1.29 is 34.6 Å². The molecular weight excluding hydrogens is 400 g/mol. The lowest BCUT2D eigenvalue weighted by Crippen LogP contribution is -2.55. The molecule has 0 radical (unpaired) electrons. The number of benzene rings is 2. The third-order valence-electron chi connectivity index (χ3n) is 6.10. The quantitative estimate of drug-likeness (QED) is 0.547. The first-order valence-corrected chi connectivity index (χ1v) is 10.7. The van der Waals surface area contributed by atoms with Crippen LogP contribution >= 0.6 is 0 Å². The van der Waals surface area contributed by atoms with Crippen LogP contribution in [-0.4, -0.2) is 70.8 Å². The number of rotatable bonds is 6. The molecule has 2 aromatic carbocycles. The summed E-state index contributed by atoms with van der Waals surface area (Å²) in [5.74, 6) is 0.825. The Bertz CT molecular complexity index is 861. The van der Waals surface area contributed by atoms with E-state index in [1.54, 1.807) is 0 Å². The first kappa shape index (κ1) is 22.2. The summed E-state index contributed by atoms with van der Waals surface area (Å²) in [4.78, 5) is 0. The molecule has 31 heavy (non-hydrogen) atoms. The van der Waals surface area contributed by atoms with E-state index in [1.165, 1.54) is 0 Å². The predicted octanol–water partition coefficient (Wildman–Crippen LogP) is 1.27. The molecule has 2 aromatic rings. The lowest BCUT2D eigenvalue weighted by molar-refractivity contribution is -0.231. The van der Waals surface area contributed by atoms with Gasteiger partial charge < -0.3 is 34.6 Å². The highest BCUT2D eigenvalue weighted by Gasteiger charge is 2.43. The van der Waals surface area contributed by atoms with Crippen LogP contribution in [0.2, 0.25) is 0 Å². The zero-order chi connectivity index (χ0) is 22.0. The van der Waals surface area contributed by atoms with Gasteiger partial charge in [-0.15, -0.1) is 0 Å². The molecule has 2 saturated heterocycles. The summed E-state index contributed by atoms with van der Waals surface area (Å²) in [6, 6.07) is 13.7. The second-order valence-corrected chi connectivity index (χ2v) is 8.36. The minimum absolute atomic E-state index is 0.114. The van der Waals surface area contributed by atoms with Crippen LogP contribution in [0.15, 0.2) is 42.5 Å². The van der Waals surface area contributed by atoms with Gasteiger partial charge in [0.2, 0.25) is 0 Å². The molecule has 168 valence electrons. The van der Waals surface area contributed by atoms with Crippen LogP contribution in [0.4, 0.5) is 0 Å². The van der Waals surface area contributed by atoms with Crippen molar-refractivity contribution >= 4 is 0 Å². The summed E-state index contributed by atoms with van der Waals surface area (Å²) >= 11 is 0. The summed E-state index contributed by atoms with van der Waals surface area (Å²) in [7, 11) is 0. The zero-order valence-electron chi connectivity index (χ0n) is 17.6. The molecule has 0 aliphatic carbocycles. The van der Waals surface area contributed by atoms with Gasteiger partial charge >= 0.3 is 0 Å². The molecule has 6 atom stereocenters. The zero-order valence-corrected chi connectivity index (χ0v) is 17.6. The Morgan fingerprint density at radius 2 is 1.77 bits per heavy atom. The second-order valence-electron chi connectivity index (χ2n) is 8.36. The van der Waals surface area contributed by atoms with E-state index in [2.05, 4.69) is 0 Å². The van der Waals surface area contributed by atoms with Crippen molar-refractivity contribution in [1.29, 1.82) is 0 Å². The summed E-state index contributed by atoms with van der Waals surface area (Å²) < 4.78 is 17.0. The molecule has 2 fully saturated rings. The van der Waals surface area contributed by atoms with Gasteiger partial charge in [-0.25, -0.2) is 0 Å². The Morgan fingerprint density at radius 3 is 2.45 bits per heavy atom. The molecule has 0 saturated carbocycles. The van der Waals surface area contributed by atoms with Crippen molar-refractivity contribution in [3.8, 4) is 5.75 Å². The first-order valence-electron chi connectivity index (χ1n) is 10.7. The minimum atomic E-state index is -1.39. The van der Waals surface area contributed by atoms with E-state index in [-0.39, 0.29) is 6.10 Å². The fourth-order valence-electron chi connectivity index (χ4n) is 4.14. The van der Waals surface area contributed by atoms with E-state index in [0.29, 0.717) is 18.6 Å². The van der Waals surface area contributed by atoms with E-state index in [1.807, 2.05) is 49.4 Å². The number of hydrogen-bond donors (Lipinski definition) is 4. The van der Waals surface area contributed by atoms with Crippen LogP contribution in [0.25, 0.3) is 0 Å². The maximum atomic E-state index is 10.4. The van der Waals surface area contributed by atoms with Gasteiger partial charge in [-0.1, -0.05) is 30.3 Å². The van der Waals surface area contributed by atoms with Gasteiger partial charge in [-0.2, -0.15) is 0 Å². The fraction of sp³-hybridized carbons (Fsp3) is 0.500. The molecular formula is C24H30O7. The van der Waals surface area contributed by atoms with Gasteiger partial charge in [0, 0.05) is 6.42 Å². The maximum Gasteiger partial charge on any atom is 0.124 e. The number of aryl methyl sites for hydroxylation is 1. The predicted molar refractivity (Wildman–Crippen MR) is 113 cm³/mol. The van der Waals surface area contributed by atoms with E-state index in [0.717, 1.165) is 35.5 Å². The van der Waals surface area contributed by atoms with Gasteiger partial charge in [0.1, 0.15) is 42.4 Å². The van der Waals surface area contributed by atoms with Crippen molar-refractivity contribution in [2.24, 2.45) is 0 Å². The number of aliphatic hydroxyl groups is 4. The SMILES string of the molecule is Cc1ccc([C@@H]2OC(CO)[C@@H](O)[C@H](O)[C@H]2O)cc1Cc1ccc(O[C@H]2CCOC2)cc1. The molecule has 4 N–H and O–H groups in total. The van der Waals surface area contributed by atoms with Crippen molar-refractivity contribution in [2.75, 3.05) is 19.8 Å². The molecule has 2 heterocycles. The Labute approximate surface area is 181 Å². The summed E-state index contributed by atoms with van der Waals surface area (Å²) in [5, 5.41) is 40.0. The molecule has 7 heteroatoms. The number of ether oxygens (including phenoxy) is 3. The van der Waals surface area contributed by atoms with Crippen molar-refractivity contribution in [2.45, 2.75) is 56.4 Å². The monoisotopic (exact) mass is 430 g/mol. The molecule has 0 bridgehead atoms. The Morgan fingerprint density at radius 1 is 1.00 bits per heavy atom. The van der Waals surface area contributed by atoms with Gasteiger partial charge in [0.15, 0.2) is 0 Å².